The SMILES string of the molecule is CC(C)(C)c1nnsc1C(=O)NC1CC(O)C1. The highest BCUT2D eigenvalue weighted by molar-refractivity contribution is 7.08. The van der Waals surface area contributed by atoms with Crippen molar-refractivity contribution in [3.05, 3.63) is 10.6 Å². The van der Waals surface area contributed by atoms with Crippen molar-refractivity contribution in [1.29, 1.82) is 0 Å². The second kappa shape index (κ2) is 4.34. The van der Waals surface area contributed by atoms with Crippen LogP contribution in [0.25, 0.3) is 0 Å². The predicted octanol–water partition coefficient (Wildman–Crippen LogP) is 1.09. The van der Waals surface area contributed by atoms with Gasteiger partial charge in [-0.15, -0.1) is 5.10 Å². The minimum atomic E-state index is -0.262. The lowest BCUT2D eigenvalue weighted by atomic mass is 9.88. The fourth-order valence-electron chi connectivity index (χ4n) is 1.79. The van der Waals surface area contributed by atoms with Crippen LogP contribution in [-0.2, 0) is 5.41 Å². The van der Waals surface area contributed by atoms with Crippen LogP contribution in [0.5, 0.6) is 0 Å². The van der Waals surface area contributed by atoms with Crippen LogP contribution in [0.2, 0.25) is 0 Å². The maximum absolute atomic E-state index is 12.0. The highest BCUT2D eigenvalue weighted by Crippen LogP contribution is 2.26. The second-order valence-corrected chi connectivity index (χ2v) is 6.25. The van der Waals surface area contributed by atoms with E-state index in [1.54, 1.807) is 0 Å². The predicted molar refractivity (Wildman–Crippen MR) is 65.1 cm³/mol. The lowest BCUT2D eigenvalue weighted by Gasteiger charge is -2.31. The van der Waals surface area contributed by atoms with Gasteiger partial charge in [0.2, 0.25) is 0 Å². The minimum absolute atomic E-state index is 0.0902. The summed E-state index contributed by atoms with van der Waals surface area (Å²) in [4.78, 5) is 12.6. The van der Waals surface area contributed by atoms with Crippen LogP contribution in [0, 0.1) is 0 Å². The summed E-state index contributed by atoms with van der Waals surface area (Å²) in [7, 11) is 0. The maximum Gasteiger partial charge on any atom is 0.265 e. The number of aliphatic hydroxyl groups excluding tert-OH is 1. The molecular formula is C11H17N3O2S. The summed E-state index contributed by atoms with van der Waals surface area (Å²) in [6.45, 7) is 6.02. The first kappa shape index (κ1) is 12.4. The number of carbonyl (C=O) groups excluding carboxylic acids is 1. The van der Waals surface area contributed by atoms with Gasteiger partial charge in [0.05, 0.1) is 11.8 Å². The van der Waals surface area contributed by atoms with E-state index >= 15 is 0 Å². The van der Waals surface area contributed by atoms with Crippen LogP contribution in [0.3, 0.4) is 0 Å². The van der Waals surface area contributed by atoms with Crippen molar-refractivity contribution in [1.82, 2.24) is 14.9 Å². The zero-order valence-corrected chi connectivity index (χ0v) is 11.0. The number of hydrogen-bond acceptors (Lipinski definition) is 5. The Hall–Kier alpha value is -1.01. The number of aromatic nitrogens is 2. The van der Waals surface area contributed by atoms with Gasteiger partial charge in [-0.2, -0.15) is 0 Å². The maximum atomic E-state index is 12.0. The number of carbonyl (C=O) groups is 1. The molecule has 1 aliphatic rings. The first-order valence-electron chi connectivity index (χ1n) is 5.69. The highest BCUT2D eigenvalue weighted by atomic mass is 32.1. The van der Waals surface area contributed by atoms with Crippen LogP contribution < -0.4 is 5.32 Å². The van der Waals surface area contributed by atoms with Gasteiger partial charge in [0.25, 0.3) is 5.91 Å². The largest absolute Gasteiger partial charge is 0.393 e. The van der Waals surface area contributed by atoms with Crippen molar-refractivity contribution in [2.24, 2.45) is 0 Å². The van der Waals surface area contributed by atoms with Gasteiger partial charge in [0.15, 0.2) is 0 Å². The number of nitrogens with one attached hydrogen (secondary N) is 1. The van der Waals surface area contributed by atoms with Crippen molar-refractivity contribution in [3.63, 3.8) is 0 Å². The van der Waals surface area contributed by atoms with E-state index in [0.717, 1.165) is 17.2 Å². The molecule has 0 aliphatic heterocycles. The average molecular weight is 255 g/mol. The zero-order valence-electron chi connectivity index (χ0n) is 10.2. The molecule has 17 heavy (non-hydrogen) atoms. The average Bonchev–Trinajstić information content (AvgIpc) is 2.62. The van der Waals surface area contributed by atoms with Gasteiger partial charge in [0, 0.05) is 11.5 Å². The third kappa shape index (κ3) is 2.63. The molecule has 0 radical (unpaired) electrons. The molecule has 0 spiro atoms. The summed E-state index contributed by atoms with van der Waals surface area (Å²) in [6.07, 6.45) is 1.02. The molecule has 1 saturated carbocycles. The molecule has 1 aliphatic carbocycles. The summed E-state index contributed by atoms with van der Waals surface area (Å²) in [5.74, 6) is -0.123. The van der Waals surface area contributed by atoms with Gasteiger partial charge >= 0.3 is 0 Å². The highest BCUT2D eigenvalue weighted by Gasteiger charge is 2.31. The molecule has 94 valence electrons. The molecule has 2 rings (SSSR count). The standard InChI is InChI=1S/C11H17N3O2S/c1-11(2,3)9-8(17-14-13-9)10(16)12-6-4-7(15)5-6/h6-7,15H,4-5H2,1-3H3,(H,12,16). The van der Waals surface area contributed by atoms with Crippen molar-refractivity contribution in [3.8, 4) is 0 Å². The first-order chi connectivity index (χ1) is 7.88. The third-order valence-corrected chi connectivity index (χ3v) is 3.58. The lowest BCUT2D eigenvalue weighted by molar-refractivity contribution is 0.0563. The summed E-state index contributed by atoms with van der Waals surface area (Å²) in [5.41, 5.74) is 0.554. The number of amides is 1. The lowest BCUT2D eigenvalue weighted by Crippen LogP contribution is -2.46. The first-order valence-corrected chi connectivity index (χ1v) is 6.47. The Morgan fingerprint density at radius 3 is 2.65 bits per heavy atom. The van der Waals surface area contributed by atoms with Gasteiger partial charge in [-0.1, -0.05) is 25.3 Å². The Morgan fingerprint density at radius 1 is 1.47 bits per heavy atom. The van der Waals surface area contributed by atoms with E-state index in [-0.39, 0.29) is 23.5 Å². The van der Waals surface area contributed by atoms with Crippen LogP contribution in [0.4, 0.5) is 0 Å². The molecule has 1 aromatic rings. The van der Waals surface area contributed by atoms with Crippen LogP contribution in [-0.4, -0.2) is 32.7 Å². The Balaban J connectivity index is 2.07. The van der Waals surface area contributed by atoms with Crippen molar-refractivity contribution in [2.75, 3.05) is 0 Å². The van der Waals surface area contributed by atoms with Gasteiger partial charge in [-0.05, 0) is 24.4 Å². The fraction of sp³-hybridized carbons (Fsp3) is 0.727. The second-order valence-electron chi connectivity index (χ2n) is 5.50. The number of aliphatic hydroxyl groups is 1. The fourth-order valence-corrected chi connectivity index (χ4v) is 2.57. The van der Waals surface area contributed by atoms with Gasteiger partial charge in [-0.3, -0.25) is 4.79 Å². The third-order valence-electron chi connectivity index (χ3n) is 2.85. The topological polar surface area (TPSA) is 75.1 Å². The molecule has 1 amide bonds. The quantitative estimate of drug-likeness (QED) is 0.829. The van der Waals surface area contributed by atoms with E-state index in [1.807, 2.05) is 20.8 Å². The number of nitrogens with zero attached hydrogens (tertiary/aromatic N) is 2. The molecule has 1 aromatic heterocycles. The monoisotopic (exact) mass is 255 g/mol. The van der Waals surface area contributed by atoms with E-state index < -0.39 is 0 Å². The molecule has 0 unspecified atom stereocenters. The Labute approximate surface area is 104 Å². The van der Waals surface area contributed by atoms with Crippen LogP contribution in [0.15, 0.2) is 0 Å². The zero-order chi connectivity index (χ0) is 12.6. The molecule has 5 nitrogen and oxygen atoms in total. The summed E-state index contributed by atoms with van der Waals surface area (Å²) < 4.78 is 3.86. The van der Waals surface area contributed by atoms with Crippen molar-refractivity contribution in [2.45, 2.75) is 51.2 Å². The van der Waals surface area contributed by atoms with E-state index in [2.05, 4.69) is 14.9 Å². The van der Waals surface area contributed by atoms with E-state index in [0.29, 0.717) is 17.7 Å². The molecule has 0 aromatic carbocycles. The number of hydrogen-bond donors (Lipinski definition) is 2. The molecule has 2 N–H and O–H groups in total. The molecule has 1 fully saturated rings. The Morgan fingerprint density at radius 2 is 2.12 bits per heavy atom. The summed E-state index contributed by atoms with van der Waals surface area (Å²) >= 11 is 1.13. The normalized spacial score (nSPS) is 24.2. The smallest absolute Gasteiger partial charge is 0.265 e. The van der Waals surface area contributed by atoms with E-state index in [9.17, 15) is 9.90 Å². The Bertz CT molecular complexity index is 419. The number of rotatable bonds is 2. The molecule has 0 bridgehead atoms. The van der Waals surface area contributed by atoms with Gasteiger partial charge < -0.3 is 10.4 Å². The molecule has 1 heterocycles. The summed E-state index contributed by atoms with van der Waals surface area (Å²) in [5, 5.41) is 16.1. The molecule has 0 saturated heterocycles. The van der Waals surface area contributed by atoms with Crippen LogP contribution >= 0.6 is 11.5 Å². The van der Waals surface area contributed by atoms with Crippen molar-refractivity contribution < 1.29 is 9.90 Å². The van der Waals surface area contributed by atoms with Crippen molar-refractivity contribution >= 4 is 17.4 Å². The van der Waals surface area contributed by atoms with E-state index in [1.165, 1.54) is 0 Å². The van der Waals surface area contributed by atoms with Gasteiger partial charge in [-0.25, -0.2) is 0 Å². The Kier molecular flexibility index (Phi) is 3.18. The van der Waals surface area contributed by atoms with E-state index in [4.69, 9.17) is 0 Å². The van der Waals surface area contributed by atoms with Crippen LogP contribution in [0.1, 0.15) is 49.0 Å². The molecular weight excluding hydrogens is 238 g/mol. The molecule has 0 atom stereocenters. The minimum Gasteiger partial charge on any atom is -0.393 e. The van der Waals surface area contributed by atoms with Gasteiger partial charge in [0.1, 0.15) is 4.88 Å². The molecule has 6 heteroatoms. The summed E-state index contributed by atoms with van der Waals surface area (Å²) in [6, 6.07) is 0.0902.